The fraction of sp³-hybridized carbons (Fsp3) is 0.182. The van der Waals surface area contributed by atoms with Crippen LogP contribution in [-0.2, 0) is 4.79 Å². The topological polar surface area (TPSA) is 80.9 Å². The first-order valence-corrected chi connectivity index (χ1v) is 7.06. The number of nitrogens with one attached hydrogen (secondary N) is 1. The predicted molar refractivity (Wildman–Crippen MR) is 74.7 cm³/mol. The summed E-state index contributed by atoms with van der Waals surface area (Å²) in [6.07, 6.45) is 0. The van der Waals surface area contributed by atoms with Crippen LogP contribution in [0.25, 0.3) is 0 Å². The van der Waals surface area contributed by atoms with Gasteiger partial charge in [0.05, 0.1) is 5.25 Å². The Morgan fingerprint density at radius 1 is 1.53 bits per heavy atom. The highest BCUT2D eigenvalue weighted by Gasteiger charge is 2.17. The van der Waals surface area contributed by atoms with Crippen LogP contribution < -0.4 is 11.1 Å². The molecule has 1 atom stereocenters. The van der Waals surface area contributed by atoms with E-state index in [1.54, 1.807) is 13.0 Å². The third kappa shape index (κ3) is 3.90. The van der Waals surface area contributed by atoms with Crippen molar-refractivity contribution in [1.29, 1.82) is 0 Å². The highest BCUT2D eigenvalue weighted by molar-refractivity contribution is 8.02. The van der Waals surface area contributed by atoms with Crippen molar-refractivity contribution in [3.8, 4) is 0 Å². The number of hydrogen-bond donors (Lipinski definition) is 2. The maximum atomic E-state index is 13.0. The molecule has 0 fully saturated rings. The van der Waals surface area contributed by atoms with Crippen LogP contribution in [-0.4, -0.2) is 21.4 Å². The second-order valence-electron chi connectivity index (χ2n) is 3.67. The molecule has 1 heterocycles. The van der Waals surface area contributed by atoms with Gasteiger partial charge in [-0.25, -0.2) is 4.39 Å². The van der Waals surface area contributed by atoms with E-state index in [0.717, 1.165) is 0 Å². The Morgan fingerprint density at radius 2 is 2.32 bits per heavy atom. The molecule has 1 amide bonds. The molecule has 0 aliphatic rings. The number of nitrogens with two attached hydrogens (primary N) is 1. The minimum Gasteiger partial charge on any atom is -0.374 e. The second kappa shape index (κ2) is 5.98. The van der Waals surface area contributed by atoms with Crippen LogP contribution >= 0.6 is 23.1 Å². The predicted octanol–water partition coefficient (Wildman–Crippen LogP) is 2.38. The van der Waals surface area contributed by atoms with Crippen molar-refractivity contribution in [1.82, 2.24) is 10.2 Å². The maximum Gasteiger partial charge on any atom is 0.237 e. The van der Waals surface area contributed by atoms with E-state index in [4.69, 9.17) is 5.73 Å². The summed E-state index contributed by atoms with van der Waals surface area (Å²) >= 11 is 2.48. The van der Waals surface area contributed by atoms with Gasteiger partial charge in [0.1, 0.15) is 5.82 Å². The molecule has 0 aliphatic carbocycles. The van der Waals surface area contributed by atoms with Gasteiger partial charge in [0.15, 0.2) is 4.34 Å². The Morgan fingerprint density at radius 3 is 2.95 bits per heavy atom. The normalized spacial score (nSPS) is 12.1. The number of carbonyl (C=O) groups excluding carboxylic acids is 1. The van der Waals surface area contributed by atoms with Gasteiger partial charge in [-0.15, -0.1) is 10.2 Å². The van der Waals surface area contributed by atoms with Gasteiger partial charge in [-0.3, -0.25) is 4.79 Å². The highest BCUT2D eigenvalue weighted by atomic mass is 32.2. The number of anilines is 2. The summed E-state index contributed by atoms with van der Waals surface area (Å²) in [7, 11) is 0. The number of thioether (sulfide) groups is 1. The van der Waals surface area contributed by atoms with E-state index in [1.165, 1.54) is 41.3 Å². The minimum absolute atomic E-state index is 0.232. The van der Waals surface area contributed by atoms with Crippen LogP contribution in [0.15, 0.2) is 28.6 Å². The number of rotatable bonds is 4. The largest absolute Gasteiger partial charge is 0.374 e. The molecule has 0 radical (unpaired) electrons. The van der Waals surface area contributed by atoms with Gasteiger partial charge in [-0.2, -0.15) is 0 Å². The van der Waals surface area contributed by atoms with Crippen molar-refractivity contribution in [2.24, 2.45) is 0 Å². The van der Waals surface area contributed by atoms with Gasteiger partial charge in [-0.1, -0.05) is 29.2 Å². The van der Waals surface area contributed by atoms with Crippen molar-refractivity contribution in [2.75, 3.05) is 11.1 Å². The van der Waals surface area contributed by atoms with E-state index in [9.17, 15) is 9.18 Å². The molecule has 1 unspecified atom stereocenters. The average Bonchev–Trinajstić information content (AvgIpc) is 2.74. The van der Waals surface area contributed by atoms with Crippen LogP contribution in [0.2, 0.25) is 0 Å². The Hall–Kier alpha value is -1.67. The molecule has 3 N–H and O–H groups in total. The molecule has 0 bridgehead atoms. The smallest absolute Gasteiger partial charge is 0.237 e. The number of benzene rings is 1. The molecule has 5 nitrogen and oxygen atoms in total. The molecule has 2 rings (SSSR count). The Bertz CT molecular complexity index is 590. The average molecular weight is 298 g/mol. The lowest BCUT2D eigenvalue weighted by Gasteiger charge is -2.10. The summed E-state index contributed by atoms with van der Waals surface area (Å²) in [4.78, 5) is 11.9. The van der Waals surface area contributed by atoms with Gasteiger partial charge in [0.2, 0.25) is 11.0 Å². The van der Waals surface area contributed by atoms with Crippen molar-refractivity contribution >= 4 is 39.8 Å². The van der Waals surface area contributed by atoms with Crippen LogP contribution in [0.4, 0.5) is 15.2 Å². The molecule has 100 valence electrons. The first-order chi connectivity index (χ1) is 9.04. The number of nitrogens with zero attached hydrogens (tertiary/aromatic N) is 2. The summed E-state index contributed by atoms with van der Waals surface area (Å²) in [5, 5.41) is 10.1. The zero-order chi connectivity index (χ0) is 13.8. The van der Waals surface area contributed by atoms with Crippen LogP contribution in [0.1, 0.15) is 6.92 Å². The quantitative estimate of drug-likeness (QED) is 0.847. The van der Waals surface area contributed by atoms with E-state index < -0.39 is 5.82 Å². The molecule has 19 heavy (non-hydrogen) atoms. The van der Waals surface area contributed by atoms with Crippen molar-refractivity contribution in [3.63, 3.8) is 0 Å². The standard InChI is InChI=1S/C11H11FN4OS2/c1-6(18-11-16-15-10(13)19-11)9(17)14-8-4-2-3-7(12)5-8/h2-6H,1H3,(H2,13,15)(H,14,17). The molecule has 0 saturated carbocycles. The van der Waals surface area contributed by atoms with E-state index >= 15 is 0 Å². The highest BCUT2D eigenvalue weighted by Crippen LogP contribution is 2.28. The Balaban J connectivity index is 1.96. The van der Waals surface area contributed by atoms with Gasteiger partial charge in [0, 0.05) is 5.69 Å². The van der Waals surface area contributed by atoms with Crippen LogP contribution in [0, 0.1) is 5.82 Å². The van der Waals surface area contributed by atoms with Crippen molar-refractivity contribution < 1.29 is 9.18 Å². The third-order valence-electron chi connectivity index (χ3n) is 2.16. The van der Waals surface area contributed by atoms with Crippen LogP contribution in [0.3, 0.4) is 0 Å². The SMILES string of the molecule is CC(Sc1nnc(N)s1)C(=O)Nc1cccc(F)c1. The molecule has 2 aromatic rings. The second-order valence-corrected chi connectivity index (χ2v) is 6.26. The Kier molecular flexibility index (Phi) is 4.33. The van der Waals surface area contributed by atoms with E-state index in [-0.39, 0.29) is 11.2 Å². The molecule has 0 spiro atoms. The van der Waals surface area contributed by atoms with E-state index in [0.29, 0.717) is 15.2 Å². The number of halogens is 1. The number of aromatic nitrogens is 2. The van der Waals surface area contributed by atoms with Gasteiger partial charge in [0.25, 0.3) is 0 Å². The fourth-order valence-corrected chi connectivity index (χ4v) is 3.06. The zero-order valence-electron chi connectivity index (χ0n) is 9.96. The first-order valence-electron chi connectivity index (χ1n) is 5.36. The summed E-state index contributed by atoms with van der Waals surface area (Å²) in [5.41, 5.74) is 5.89. The third-order valence-corrected chi connectivity index (χ3v) is 4.10. The van der Waals surface area contributed by atoms with Gasteiger partial charge < -0.3 is 11.1 Å². The number of amides is 1. The molecule has 1 aromatic carbocycles. The zero-order valence-corrected chi connectivity index (χ0v) is 11.6. The van der Waals surface area contributed by atoms with E-state index in [1.807, 2.05) is 0 Å². The summed E-state index contributed by atoms with van der Waals surface area (Å²) in [5.74, 6) is -0.626. The lowest BCUT2D eigenvalue weighted by atomic mass is 10.3. The fourth-order valence-electron chi connectivity index (χ4n) is 1.28. The number of hydrogen-bond acceptors (Lipinski definition) is 6. The number of carbonyl (C=O) groups is 1. The van der Waals surface area contributed by atoms with Gasteiger partial charge in [-0.05, 0) is 25.1 Å². The van der Waals surface area contributed by atoms with Crippen molar-refractivity contribution in [2.45, 2.75) is 16.5 Å². The van der Waals surface area contributed by atoms with Crippen molar-refractivity contribution in [3.05, 3.63) is 30.1 Å². The van der Waals surface area contributed by atoms with Gasteiger partial charge >= 0.3 is 0 Å². The maximum absolute atomic E-state index is 13.0. The lowest BCUT2D eigenvalue weighted by Crippen LogP contribution is -2.22. The van der Waals surface area contributed by atoms with Crippen LogP contribution in [0.5, 0.6) is 0 Å². The molecule has 0 saturated heterocycles. The summed E-state index contributed by atoms with van der Waals surface area (Å²) in [6.45, 7) is 1.73. The summed E-state index contributed by atoms with van der Waals surface area (Å²) < 4.78 is 13.6. The minimum atomic E-state index is -0.394. The lowest BCUT2D eigenvalue weighted by molar-refractivity contribution is -0.115. The first kappa shape index (κ1) is 13.8. The van der Waals surface area contributed by atoms with E-state index in [2.05, 4.69) is 15.5 Å². The molecule has 0 aliphatic heterocycles. The molecule has 8 heteroatoms. The monoisotopic (exact) mass is 298 g/mol. The molecular formula is C11H11FN4OS2. The molecule has 1 aromatic heterocycles. The summed E-state index contributed by atoms with van der Waals surface area (Å²) in [6, 6.07) is 5.74. The number of nitrogen functional groups attached to an aromatic ring is 1. The Labute approximate surface area is 117 Å². The molecular weight excluding hydrogens is 287 g/mol.